The van der Waals surface area contributed by atoms with Crippen LogP contribution in [0.4, 0.5) is 0 Å². The first-order chi connectivity index (χ1) is 10.6. The van der Waals surface area contributed by atoms with Crippen LogP contribution in [-0.2, 0) is 14.3 Å². The fraction of sp³-hybridized carbons (Fsp3) is 0.882. The van der Waals surface area contributed by atoms with E-state index in [1.54, 1.807) is 0 Å². The van der Waals surface area contributed by atoms with Crippen molar-refractivity contribution >= 4 is 11.9 Å². The predicted octanol–water partition coefficient (Wildman–Crippen LogP) is 2.69. The van der Waals surface area contributed by atoms with Crippen molar-refractivity contribution in [2.24, 2.45) is 11.8 Å². The first kappa shape index (κ1) is 17.3. The maximum Gasteiger partial charge on any atom is 0.306 e. The Hall–Kier alpha value is -1.10. The number of rotatable bonds is 7. The van der Waals surface area contributed by atoms with Crippen LogP contribution in [0.1, 0.15) is 58.3 Å². The van der Waals surface area contributed by atoms with Crippen molar-refractivity contribution < 1.29 is 19.4 Å². The number of nitrogens with zero attached hydrogens (tertiary/aromatic N) is 1. The average Bonchev–Trinajstić information content (AvgIpc) is 2.99. The maximum atomic E-state index is 12.8. The first-order valence-electron chi connectivity index (χ1n) is 8.72. The lowest BCUT2D eigenvalue weighted by atomic mass is 9.89. The highest BCUT2D eigenvalue weighted by Crippen LogP contribution is 2.32. The third-order valence-corrected chi connectivity index (χ3v) is 4.93. The van der Waals surface area contributed by atoms with Gasteiger partial charge in [-0.2, -0.15) is 0 Å². The molecule has 1 aliphatic carbocycles. The molecule has 2 fully saturated rings. The van der Waals surface area contributed by atoms with Gasteiger partial charge in [0.05, 0.1) is 19.1 Å². The molecule has 0 radical (unpaired) electrons. The highest BCUT2D eigenvalue weighted by atomic mass is 16.5. The van der Waals surface area contributed by atoms with Crippen LogP contribution in [0.2, 0.25) is 0 Å². The molecule has 1 saturated carbocycles. The van der Waals surface area contributed by atoms with Gasteiger partial charge in [-0.05, 0) is 18.8 Å². The summed E-state index contributed by atoms with van der Waals surface area (Å²) in [7, 11) is 0. The van der Waals surface area contributed by atoms with E-state index in [4.69, 9.17) is 9.84 Å². The van der Waals surface area contributed by atoms with Crippen molar-refractivity contribution in [3.05, 3.63) is 0 Å². The molecule has 1 N–H and O–H groups in total. The van der Waals surface area contributed by atoms with Crippen LogP contribution in [-0.4, -0.2) is 47.7 Å². The number of hydrogen-bond acceptors (Lipinski definition) is 3. The second-order valence-electron chi connectivity index (χ2n) is 6.75. The molecule has 22 heavy (non-hydrogen) atoms. The number of carbonyl (C=O) groups excluding carboxylic acids is 1. The summed E-state index contributed by atoms with van der Waals surface area (Å²) in [4.78, 5) is 25.5. The van der Waals surface area contributed by atoms with E-state index in [1.165, 1.54) is 25.7 Å². The zero-order valence-electron chi connectivity index (χ0n) is 13.6. The summed E-state index contributed by atoms with van der Waals surface area (Å²) in [6, 6.07) is 0. The minimum Gasteiger partial charge on any atom is -0.481 e. The average molecular weight is 311 g/mol. The lowest BCUT2D eigenvalue weighted by Gasteiger charge is -2.35. The van der Waals surface area contributed by atoms with Crippen LogP contribution in [0.15, 0.2) is 0 Å². The van der Waals surface area contributed by atoms with Crippen LogP contribution in [0.5, 0.6) is 0 Å². The van der Waals surface area contributed by atoms with E-state index in [0.717, 1.165) is 19.3 Å². The Labute approximate surface area is 133 Å². The molecule has 5 heteroatoms. The summed E-state index contributed by atoms with van der Waals surface area (Å²) >= 11 is 0. The molecule has 0 aromatic heterocycles. The SMILES string of the molecule is CCCC(CC1CCCC1)C(=O)N1CCOC(CC(=O)O)C1. The van der Waals surface area contributed by atoms with Crippen LogP contribution >= 0.6 is 0 Å². The molecule has 0 aromatic carbocycles. The third-order valence-electron chi connectivity index (χ3n) is 4.93. The molecular weight excluding hydrogens is 282 g/mol. The Kier molecular flexibility index (Phi) is 6.68. The molecule has 2 atom stereocenters. The predicted molar refractivity (Wildman–Crippen MR) is 83.5 cm³/mol. The highest BCUT2D eigenvalue weighted by Gasteiger charge is 2.31. The van der Waals surface area contributed by atoms with E-state index in [2.05, 4.69) is 6.92 Å². The lowest BCUT2D eigenvalue weighted by molar-refractivity contribution is -0.150. The van der Waals surface area contributed by atoms with Gasteiger partial charge in [0.1, 0.15) is 0 Å². The van der Waals surface area contributed by atoms with E-state index in [9.17, 15) is 9.59 Å². The zero-order valence-corrected chi connectivity index (χ0v) is 13.6. The number of hydrogen-bond donors (Lipinski definition) is 1. The summed E-state index contributed by atoms with van der Waals surface area (Å²) in [5, 5.41) is 8.89. The van der Waals surface area contributed by atoms with Gasteiger partial charge in [-0.25, -0.2) is 0 Å². The quantitative estimate of drug-likeness (QED) is 0.785. The van der Waals surface area contributed by atoms with Crippen molar-refractivity contribution in [3.63, 3.8) is 0 Å². The topological polar surface area (TPSA) is 66.8 Å². The normalized spacial score (nSPS) is 24.4. The van der Waals surface area contributed by atoms with Crippen molar-refractivity contribution in [1.29, 1.82) is 0 Å². The monoisotopic (exact) mass is 311 g/mol. The fourth-order valence-corrected chi connectivity index (χ4v) is 3.84. The number of morpholine rings is 1. The van der Waals surface area contributed by atoms with Crippen molar-refractivity contribution in [1.82, 2.24) is 4.90 Å². The number of carboxylic acid groups (broad SMARTS) is 1. The smallest absolute Gasteiger partial charge is 0.306 e. The Morgan fingerprint density at radius 1 is 1.32 bits per heavy atom. The Morgan fingerprint density at radius 3 is 2.68 bits per heavy atom. The van der Waals surface area contributed by atoms with E-state index < -0.39 is 5.97 Å². The summed E-state index contributed by atoms with van der Waals surface area (Å²) in [6.07, 6.45) is 7.72. The summed E-state index contributed by atoms with van der Waals surface area (Å²) in [6.45, 7) is 3.60. The standard InChI is InChI=1S/C17H29NO4/c1-2-5-14(10-13-6-3-4-7-13)17(21)18-8-9-22-15(12-18)11-16(19)20/h13-15H,2-12H2,1H3,(H,19,20). The van der Waals surface area contributed by atoms with Crippen molar-refractivity contribution in [3.8, 4) is 0 Å². The van der Waals surface area contributed by atoms with Crippen molar-refractivity contribution in [2.75, 3.05) is 19.7 Å². The van der Waals surface area contributed by atoms with Gasteiger partial charge in [0.2, 0.25) is 5.91 Å². The van der Waals surface area contributed by atoms with Gasteiger partial charge < -0.3 is 14.7 Å². The minimum absolute atomic E-state index is 0.0230. The molecule has 2 aliphatic rings. The van der Waals surface area contributed by atoms with Crippen LogP contribution in [0, 0.1) is 11.8 Å². The van der Waals surface area contributed by atoms with Crippen LogP contribution in [0.25, 0.3) is 0 Å². The number of amides is 1. The van der Waals surface area contributed by atoms with E-state index >= 15 is 0 Å². The fourth-order valence-electron chi connectivity index (χ4n) is 3.84. The summed E-state index contributed by atoms with van der Waals surface area (Å²) < 4.78 is 5.47. The van der Waals surface area contributed by atoms with Crippen LogP contribution in [0.3, 0.4) is 0 Å². The number of carbonyl (C=O) groups is 2. The Morgan fingerprint density at radius 2 is 2.05 bits per heavy atom. The third kappa shape index (κ3) is 4.97. The molecule has 2 rings (SSSR count). The Balaban J connectivity index is 1.91. The second-order valence-corrected chi connectivity index (χ2v) is 6.75. The van der Waals surface area contributed by atoms with E-state index in [0.29, 0.717) is 25.6 Å². The molecule has 126 valence electrons. The molecule has 0 aromatic rings. The Bertz CT molecular complexity index is 379. The molecule has 1 heterocycles. The second kappa shape index (κ2) is 8.51. The number of carboxylic acids is 1. The zero-order chi connectivity index (χ0) is 15.9. The van der Waals surface area contributed by atoms with Gasteiger partial charge in [0, 0.05) is 19.0 Å². The lowest BCUT2D eigenvalue weighted by Crippen LogP contribution is -2.48. The minimum atomic E-state index is -0.865. The highest BCUT2D eigenvalue weighted by molar-refractivity contribution is 5.79. The molecule has 0 spiro atoms. The number of ether oxygens (including phenoxy) is 1. The van der Waals surface area contributed by atoms with E-state index in [1.807, 2.05) is 4.90 Å². The van der Waals surface area contributed by atoms with Gasteiger partial charge in [0.25, 0.3) is 0 Å². The summed E-state index contributed by atoms with van der Waals surface area (Å²) in [5.41, 5.74) is 0. The number of aliphatic carboxylic acids is 1. The van der Waals surface area contributed by atoms with E-state index in [-0.39, 0.29) is 24.3 Å². The molecule has 1 saturated heterocycles. The van der Waals surface area contributed by atoms with Gasteiger partial charge in [-0.15, -0.1) is 0 Å². The molecular formula is C17H29NO4. The molecule has 0 bridgehead atoms. The van der Waals surface area contributed by atoms with Crippen molar-refractivity contribution in [2.45, 2.75) is 64.4 Å². The maximum absolute atomic E-state index is 12.8. The van der Waals surface area contributed by atoms with Gasteiger partial charge in [-0.3, -0.25) is 9.59 Å². The van der Waals surface area contributed by atoms with Gasteiger partial charge in [0.15, 0.2) is 0 Å². The largest absolute Gasteiger partial charge is 0.481 e. The van der Waals surface area contributed by atoms with Gasteiger partial charge >= 0.3 is 5.97 Å². The molecule has 1 aliphatic heterocycles. The van der Waals surface area contributed by atoms with Gasteiger partial charge in [-0.1, -0.05) is 39.0 Å². The molecule has 5 nitrogen and oxygen atoms in total. The first-order valence-corrected chi connectivity index (χ1v) is 8.72. The van der Waals surface area contributed by atoms with Crippen LogP contribution < -0.4 is 0 Å². The molecule has 1 amide bonds. The summed E-state index contributed by atoms with van der Waals surface area (Å²) in [5.74, 6) is 0.163. The molecule has 2 unspecified atom stereocenters.